The largest absolute Gasteiger partial charge is 0.377 e. The first-order chi connectivity index (χ1) is 11.3. The summed E-state index contributed by atoms with van der Waals surface area (Å²) in [4.78, 5) is 19.4. The molecule has 0 bridgehead atoms. The zero-order chi connectivity index (χ0) is 15.6. The van der Waals surface area contributed by atoms with Gasteiger partial charge in [0.1, 0.15) is 0 Å². The van der Waals surface area contributed by atoms with Crippen LogP contribution in [0, 0.1) is 11.8 Å². The molecule has 2 saturated heterocycles. The van der Waals surface area contributed by atoms with Gasteiger partial charge in [0.05, 0.1) is 23.9 Å². The van der Waals surface area contributed by atoms with Crippen molar-refractivity contribution < 1.29 is 9.53 Å². The number of ether oxygens (including phenoxy) is 1. The van der Waals surface area contributed by atoms with Gasteiger partial charge < -0.3 is 10.1 Å². The van der Waals surface area contributed by atoms with Crippen LogP contribution in [0.2, 0.25) is 0 Å². The van der Waals surface area contributed by atoms with Gasteiger partial charge in [-0.2, -0.15) is 0 Å². The van der Waals surface area contributed by atoms with Crippen molar-refractivity contribution >= 4 is 11.6 Å². The Morgan fingerprint density at radius 1 is 1.26 bits per heavy atom. The van der Waals surface area contributed by atoms with Crippen molar-refractivity contribution in [1.29, 1.82) is 0 Å². The molecule has 1 amide bonds. The van der Waals surface area contributed by atoms with Crippen molar-refractivity contribution in [3.63, 3.8) is 0 Å². The molecule has 124 valence electrons. The maximum absolute atomic E-state index is 12.8. The summed E-state index contributed by atoms with van der Waals surface area (Å²) in [5.41, 5.74) is 0.783. The first kappa shape index (κ1) is 15.1. The number of carbonyl (C=O) groups is 1. The molecular formula is C18H25N3O2. The molecule has 5 nitrogen and oxygen atoms in total. The van der Waals surface area contributed by atoms with Crippen molar-refractivity contribution in [3.05, 3.63) is 24.5 Å². The molecule has 3 aliphatic rings. The second kappa shape index (κ2) is 6.57. The molecule has 0 radical (unpaired) electrons. The fourth-order valence-corrected chi connectivity index (χ4v) is 4.52. The van der Waals surface area contributed by atoms with Gasteiger partial charge in [-0.1, -0.05) is 12.8 Å². The molecule has 1 aromatic heterocycles. The number of likely N-dealkylation sites (tertiary alicyclic amines) is 1. The number of piperidine rings is 1. The van der Waals surface area contributed by atoms with E-state index >= 15 is 0 Å². The van der Waals surface area contributed by atoms with Gasteiger partial charge >= 0.3 is 0 Å². The average molecular weight is 315 g/mol. The highest BCUT2D eigenvalue weighted by atomic mass is 16.5. The lowest BCUT2D eigenvalue weighted by Gasteiger charge is -2.42. The first-order valence-electron chi connectivity index (χ1n) is 8.88. The van der Waals surface area contributed by atoms with Gasteiger partial charge in [0, 0.05) is 37.9 Å². The zero-order valence-electron chi connectivity index (χ0n) is 13.5. The van der Waals surface area contributed by atoms with E-state index in [9.17, 15) is 4.79 Å². The van der Waals surface area contributed by atoms with Gasteiger partial charge in [0.2, 0.25) is 5.91 Å². The number of carbonyl (C=O) groups excluding carboxylic acids is 1. The molecular weight excluding hydrogens is 290 g/mol. The number of anilines is 1. The van der Waals surface area contributed by atoms with E-state index in [1.807, 2.05) is 12.1 Å². The molecule has 23 heavy (non-hydrogen) atoms. The van der Waals surface area contributed by atoms with Gasteiger partial charge in [0.15, 0.2) is 0 Å². The van der Waals surface area contributed by atoms with E-state index in [0.717, 1.165) is 31.8 Å². The Morgan fingerprint density at radius 3 is 2.91 bits per heavy atom. The number of aromatic nitrogens is 1. The second-order valence-electron chi connectivity index (χ2n) is 7.09. The monoisotopic (exact) mass is 315 g/mol. The molecule has 3 heterocycles. The second-order valence-corrected chi connectivity index (χ2v) is 7.09. The van der Waals surface area contributed by atoms with E-state index in [0.29, 0.717) is 12.0 Å². The zero-order valence-corrected chi connectivity index (χ0v) is 13.5. The van der Waals surface area contributed by atoms with E-state index in [1.165, 1.54) is 25.7 Å². The molecule has 1 aromatic rings. The number of amides is 1. The summed E-state index contributed by atoms with van der Waals surface area (Å²) in [5, 5.41) is 3.05. The van der Waals surface area contributed by atoms with Crippen LogP contribution in [0.15, 0.2) is 24.5 Å². The van der Waals surface area contributed by atoms with Crippen LogP contribution in [0.4, 0.5) is 5.69 Å². The van der Waals surface area contributed by atoms with Crippen LogP contribution in [0.1, 0.15) is 32.1 Å². The molecule has 3 atom stereocenters. The normalized spacial score (nSPS) is 31.9. The van der Waals surface area contributed by atoms with Gasteiger partial charge in [-0.3, -0.25) is 14.7 Å². The van der Waals surface area contributed by atoms with E-state index in [4.69, 9.17) is 4.74 Å². The lowest BCUT2D eigenvalue weighted by atomic mass is 9.81. The summed E-state index contributed by atoms with van der Waals surface area (Å²) >= 11 is 0. The first-order valence-corrected chi connectivity index (χ1v) is 8.88. The minimum Gasteiger partial charge on any atom is -0.377 e. The van der Waals surface area contributed by atoms with E-state index in [-0.39, 0.29) is 17.9 Å². The van der Waals surface area contributed by atoms with Crippen LogP contribution in [0.3, 0.4) is 0 Å². The molecule has 3 fully saturated rings. The highest BCUT2D eigenvalue weighted by Crippen LogP contribution is 2.37. The summed E-state index contributed by atoms with van der Waals surface area (Å²) in [6.45, 7) is 2.68. The highest BCUT2D eigenvalue weighted by molar-refractivity contribution is 5.92. The van der Waals surface area contributed by atoms with E-state index < -0.39 is 0 Å². The van der Waals surface area contributed by atoms with Crippen LogP contribution >= 0.6 is 0 Å². The summed E-state index contributed by atoms with van der Waals surface area (Å²) in [7, 11) is 0. The van der Waals surface area contributed by atoms with Crippen molar-refractivity contribution in [2.24, 2.45) is 11.8 Å². The highest BCUT2D eigenvalue weighted by Gasteiger charge is 2.45. The standard InChI is InChI=1S/C18H25N3O2/c22-18(20-13-4-3-8-19-10-13)16-11-21(14-5-1-2-6-14)12-17-15(16)7-9-23-17/h3-4,8,10,14-17H,1-2,5-7,9,11-12H2,(H,20,22)/t15-,16-,17+/m0/s1. The maximum Gasteiger partial charge on any atom is 0.229 e. The topological polar surface area (TPSA) is 54.5 Å². The SMILES string of the molecule is O=C(Nc1cccnc1)[C@H]1CN(C2CCCC2)C[C@H]2OCC[C@@H]12. The lowest BCUT2D eigenvalue weighted by Crippen LogP contribution is -2.54. The molecule has 2 aliphatic heterocycles. The number of nitrogens with one attached hydrogen (secondary N) is 1. The van der Waals surface area contributed by atoms with Crippen LogP contribution in [-0.2, 0) is 9.53 Å². The van der Waals surface area contributed by atoms with Gasteiger partial charge in [-0.25, -0.2) is 0 Å². The van der Waals surface area contributed by atoms with Crippen LogP contribution in [-0.4, -0.2) is 47.6 Å². The average Bonchev–Trinajstić information content (AvgIpc) is 3.26. The number of hydrogen-bond donors (Lipinski definition) is 1. The van der Waals surface area contributed by atoms with Crippen LogP contribution < -0.4 is 5.32 Å². The Bertz CT molecular complexity index is 544. The van der Waals surface area contributed by atoms with Crippen molar-refractivity contribution in [2.75, 3.05) is 25.0 Å². The van der Waals surface area contributed by atoms with Crippen LogP contribution in [0.25, 0.3) is 0 Å². The fraction of sp³-hybridized carbons (Fsp3) is 0.667. The van der Waals surface area contributed by atoms with E-state index in [2.05, 4.69) is 15.2 Å². The summed E-state index contributed by atoms with van der Waals surface area (Å²) < 4.78 is 5.94. The third-order valence-electron chi connectivity index (χ3n) is 5.73. The molecule has 0 aromatic carbocycles. The molecule has 5 heteroatoms. The molecule has 0 spiro atoms. The third-order valence-corrected chi connectivity index (χ3v) is 5.73. The third kappa shape index (κ3) is 3.12. The summed E-state index contributed by atoms with van der Waals surface area (Å²) in [6.07, 6.45) is 9.85. The van der Waals surface area contributed by atoms with Crippen LogP contribution in [0.5, 0.6) is 0 Å². The Hall–Kier alpha value is -1.46. The number of hydrogen-bond acceptors (Lipinski definition) is 4. The van der Waals surface area contributed by atoms with Gasteiger partial charge in [-0.15, -0.1) is 0 Å². The molecule has 4 rings (SSSR count). The number of nitrogens with zero attached hydrogens (tertiary/aromatic N) is 2. The van der Waals surface area contributed by atoms with E-state index in [1.54, 1.807) is 12.4 Å². The quantitative estimate of drug-likeness (QED) is 0.930. The lowest BCUT2D eigenvalue weighted by molar-refractivity contribution is -0.126. The van der Waals surface area contributed by atoms with Crippen molar-refractivity contribution in [2.45, 2.75) is 44.2 Å². The Balaban J connectivity index is 1.48. The maximum atomic E-state index is 12.8. The predicted molar refractivity (Wildman–Crippen MR) is 88.0 cm³/mol. The molecule has 1 aliphatic carbocycles. The van der Waals surface area contributed by atoms with Gasteiger partial charge in [0.25, 0.3) is 0 Å². The van der Waals surface area contributed by atoms with Gasteiger partial charge in [-0.05, 0) is 31.4 Å². The summed E-state index contributed by atoms with van der Waals surface area (Å²) in [5.74, 6) is 0.516. The summed E-state index contributed by atoms with van der Waals surface area (Å²) in [6, 6.07) is 4.39. The Labute approximate surface area is 137 Å². The minimum atomic E-state index is 0.0251. The smallest absolute Gasteiger partial charge is 0.229 e. The molecule has 1 saturated carbocycles. The molecule has 1 N–H and O–H groups in total. The Kier molecular flexibility index (Phi) is 4.31. The number of pyridine rings is 1. The Morgan fingerprint density at radius 2 is 2.13 bits per heavy atom. The number of fused-ring (bicyclic) bond motifs is 1. The fourth-order valence-electron chi connectivity index (χ4n) is 4.52. The van der Waals surface area contributed by atoms with Crippen molar-refractivity contribution in [1.82, 2.24) is 9.88 Å². The predicted octanol–water partition coefficient (Wildman–Crippen LogP) is 2.30. The number of rotatable bonds is 3. The minimum absolute atomic E-state index is 0.0251. The van der Waals surface area contributed by atoms with Crippen molar-refractivity contribution in [3.8, 4) is 0 Å². The molecule has 0 unspecified atom stereocenters.